The Morgan fingerprint density at radius 2 is 1.55 bits per heavy atom. The first-order valence-electron chi connectivity index (χ1n) is 11.1. The zero-order chi connectivity index (χ0) is 23.6. The van der Waals surface area contributed by atoms with Crippen LogP contribution < -0.4 is 5.32 Å². The van der Waals surface area contributed by atoms with Gasteiger partial charge in [0.1, 0.15) is 0 Å². The van der Waals surface area contributed by atoms with Crippen LogP contribution in [0, 0.1) is 5.92 Å². The van der Waals surface area contributed by atoms with Gasteiger partial charge in [0.15, 0.2) is 9.84 Å². The molecule has 0 bridgehead atoms. The summed E-state index contributed by atoms with van der Waals surface area (Å²) in [6.45, 7) is 0.372. The number of nitrogens with one attached hydrogen (secondary N) is 1. The SMILES string of the molecule is CS(=O)(=O)c1ccc(S(=O)(=O)N2CCC(C(=O)Nc3nnc(C4CCCCC4)o3)CC2)cc1. The van der Waals surface area contributed by atoms with E-state index in [0.717, 1.165) is 31.9 Å². The van der Waals surface area contributed by atoms with Crippen molar-refractivity contribution in [1.82, 2.24) is 14.5 Å². The summed E-state index contributed by atoms with van der Waals surface area (Å²) in [6, 6.07) is 5.25. The molecule has 1 aliphatic carbocycles. The van der Waals surface area contributed by atoms with Gasteiger partial charge in [-0.3, -0.25) is 10.1 Å². The van der Waals surface area contributed by atoms with E-state index in [1.165, 1.54) is 35.0 Å². The zero-order valence-electron chi connectivity index (χ0n) is 18.4. The number of sulfonamides is 1. The number of nitrogens with zero attached hydrogens (tertiary/aromatic N) is 3. The molecular formula is C21H28N4O6S2. The number of carbonyl (C=O) groups is 1. The minimum Gasteiger partial charge on any atom is -0.408 e. The quantitative estimate of drug-likeness (QED) is 0.644. The highest BCUT2D eigenvalue weighted by atomic mass is 32.2. The largest absolute Gasteiger partial charge is 0.408 e. The third-order valence-electron chi connectivity index (χ3n) is 6.34. The van der Waals surface area contributed by atoms with Crippen LogP contribution in [0.5, 0.6) is 0 Å². The van der Waals surface area contributed by atoms with E-state index in [4.69, 9.17) is 4.42 Å². The summed E-state index contributed by atoms with van der Waals surface area (Å²) >= 11 is 0. The molecule has 4 rings (SSSR count). The number of piperidine rings is 1. The number of aromatic nitrogens is 2. The van der Waals surface area contributed by atoms with Crippen molar-refractivity contribution in [3.63, 3.8) is 0 Å². The topological polar surface area (TPSA) is 140 Å². The lowest BCUT2D eigenvalue weighted by atomic mass is 9.89. The summed E-state index contributed by atoms with van der Waals surface area (Å²) in [6.07, 6.45) is 7.30. The van der Waals surface area contributed by atoms with Gasteiger partial charge in [0.2, 0.25) is 21.8 Å². The van der Waals surface area contributed by atoms with Gasteiger partial charge in [-0.1, -0.05) is 24.4 Å². The van der Waals surface area contributed by atoms with Gasteiger partial charge in [0, 0.05) is 31.2 Å². The van der Waals surface area contributed by atoms with Gasteiger partial charge in [0.25, 0.3) is 0 Å². The number of anilines is 1. The van der Waals surface area contributed by atoms with E-state index in [1.807, 2.05) is 0 Å². The molecule has 33 heavy (non-hydrogen) atoms. The van der Waals surface area contributed by atoms with Crippen molar-refractivity contribution in [2.24, 2.45) is 5.92 Å². The number of amides is 1. The molecule has 2 aromatic rings. The fraction of sp³-hybridized carbons (Fsp3) is 0.571. The average Bonchev–Trinajstić information content (AvgIpc) is 3.28. The highest BCUT2D eigenvalue weighted by Gasteiger charge is 2.33. The van der Waals surface area contributed by atoms with Crippen LogP contribution in [0.25, 0.3) is 0 Å². The van der Waals surface area contributed by atoms with Crippen LogP contribution in [0.1, 0.15) is 56.8 Å². The van der Waals surface area contributed by atoms with Gasteiger partial charge >= 0.3 is 6.01 Å². The lowest BCUT2D eigenvalue weighted by Gasteiger charge is -2.30. The summed E-state index contributed by atoms with van der Waals surface area (Å²) in [4.78, 5) is 12.7. The van der Waals surface area contributed by atoms with Crippen molar-refractivity contribution >= 4 is 31.8 Å². The molecule has 0 unspecified atom stereocenters. The van der Waals surface area contributed by atoms with Crippen LogP contribution in [-0.2, 0) is 24.7 Å². The number of hydrogen-bond donors (Lipinski definition) is 1. The maximum absolute atomic E-state index is 12.9. The van der Waals surface area contributed by atoms with Crippen molar-refractivity contribution < 1.29 is 26.0 Å². The number of benzene rings is 1. The molecule has 2 heterocycles. The fourth-order valence-electron chi connectivity index (χ4n) is 4.37. The lowest BCUT2D eigenvalue weighted by molar-refractivity contribution is -0.121. The first-order chi connectivity index (χ1) is 15.6. The van der Waals surface area contributed by atoms with E-state index >= 15 is 0 Å². The number of carbonyl (C=O) groups excluding carboxylic acids is 1. The van der Waals surface area contributed by atoms with Crippen molar-refractivity contribution in [2.75, 3.05) is 24.7 Å². The van der Waals surface area contributed by atoms with Crippen LogP contribution in [-0.4, -0.2) is 56.6 Å². The van der Waals surface area contributed by atoms with Gasteiger partial charge in [-0.2, -0.15) is 4.31 Å². The Balaban J connectivity index is 1.33. The van der Waals surface area contributed by atoms with E-state index in [2.05, 4.69) is 15.5 Å². The third-order valence-corrected chi connectivity index (χ3v) is 9.38. The predicted octanol–water partition coefficient (Wildman–Crippen LogP) is 2.56. The molecule has 10 nitrogen and oxygen atoms in total. The summed E-state index contributed by atoms with van der Waals surface area (Å²) in [7, 11) is -7.18. The Morgan fingerprint density at radius 3 is 2.15 bits per heavy atom. The summed E-state index contributed by atoms with van der Waals surface area (Å²) in [5, 5.41) is 10.7. The Kier molecular flexibility index (Phi) is 6.87. The molecule has 2 aliphatic rings. The Hall–Kier alpha value is -2.31. The molecule has 1 aromatic heterocycles. The maximum Gasteiger partial charge on any atom is 0.322 e. The van der Waals surface area contributed by atoms with Crippen LogP contribution in [0.4, 0.5) is 6.01 Å². The molecule has 1 saturated heterocycles. The average molecular weight is 497 g/mol. The molecule has 1 amide bonds. The molecule has 1 aliphatic heterocycles. The van der Waals surface area contributed by atoms with Crippen LogP contribution in [0.15, 0.2) is 38.5 Å². The number of hydrogen-bond acceptors (Lipinski definition) is 8. The standard InChI is InChI=1S/C21H28N4O6S2/c1-32(27,28)17-7-9-18(10-8-17)33(29,30)25-13-11-15(12-14-25)19(26)22-21-24-23-20(31-21)16-5-3-2-4-6-16/h7-10,15-16H,2-6,11-14H2,1H3,(H,22,24,26). The summed E-state index contributed by atoms with van der Waals surface area (Å²) in [5.41, 5.74) is 0. The Morgan fingerprint density at radius 1 is 0.939 bits per heavy atom. The monoisotopic (exact) mass is 496 g/mol. The van der Waals surface area contributed by atoms with Crippen molar-refractivity contribution in [3.8, 4) is 0 Å². The maximum atomic E-state index is 12.9. The third kappa shape index (κ3) is 5.44. The van der Waals surface area contributed by atoms with Crippen molar-refractivity contribution in [3.05, 3.63) is 30.2 Å². The lowest BCUT2D eigenvalue weighted by Crippen LogP contribution is -2.41. The molecule has 0 spiro atoms. The molecule has 1 N–H and O–H groups in total. The molecule has 1 saturated carbocycles. The van der Waals surface area contributed by atoms with Gasteiger partial charge in [-0.15, -0.1) is 5.10 Å². The molecule has 180 valence electrons. The van der Waals surface area contributed by atoms with E-state index in [1.54, 1.807) is 0 Å². The fourth-order valence-corrected chi connectivity index (χ4v) is 6.47. The van der Waals surface area contributed by atoms with E-state index in [-0.39, 0.29) is 46.6 Å². The molecule has 12 heteroatoms. The summed E-state index contributed by atoms with van der Waals surface area (Å²) in [5.74, 6) is 0.183. The second kappa shape index (κ2) is 9.51. The highest BCUT2D eigenvalue weighted by molar-refractivity contribution is 7.90. The molecule has 1 aromatic carbocycles. The molecular weight excluding hydrogens is 468 g/mol. The Bertz CT molecular complexity index is 1190. The van der Waals surface area contributed by atoms with Crippen LogP contribution in [0.2, 0.25) is 0 Å². The van der Waals surface area contributed by atoms with Gasteiger partial charge < -0.3 is 4.42 Å². The smallest absolute Gasteiger partial charge is 0.322 e. The Labute approximate surface area is 193 Å². The zero-order valence-corrected chi connectivity index (χ0v) is 20.1. The van der Waals surface area contributed by atoms with Crippen molar-refractivity contribution in [2.45, 2.75) is 60.7 Å². The summed E-state index contributed by atoms with van der Waals surface area (Å²) < 4.78 is 56.0. The first kappa shape index (κ1) is 23.8. The second-order valence-electron chi connectivity index (χ2n) is 8.69. The van der Waals surface area contributed by atoms with Crippen LogP contribution in [0.3, 0.4) is 0 Å². The minimum absolute atomic E-state index is 0.0268. The highest BCUT2D eigenvalue weighted by Crippen LogP contribution is 2.32. The number of sulfone groups is 1. The molecule has 0 atom stereocenters. The van der Waals surface area contributed by atoms with E-state index in [0.29, 0.717) is 18.7 Å². The number of rotatable bonds is 6. The van der Waals surface area contributed by atoms with Gasteiger partial charge in [0.05, 0.1) is 9.79 Å². The minimum atomic E-state index is -3.78. The first-order valence-corrected chi connectivity index (χ1v) is 14.4. The van der Waals surface area contributed by atoms with E-state index < -0.39 is 19.9 Å². The predicted molar refractivity (Wildman–Crippen MR) is 120 cm³/mol. The van der Waals surface area contributed by atoms with Gasteiger partial charge in [-0.25, -0.2) is 16.8 Å². The van der Waals surface area contributed by atoms with Crippen molar-refractivity contribution in [1.29, 1.82) is 0 Å². The van der Waals surface area contributed by atoms with Crippen LogP contribution >= 0.6 is 0 Å². The normalized spacial score (nSPS) is 19.4. The molecule has 0 radical (unpaired) electrons. The second-order valence-corrected chi connectivity index (χ2v) is 12.6. The van der Waals surface area contributed by atoms with Gasteiger partial charge in [-0.05, 0) is 49.9 Å². The molecule has 2 fully saturated rings. The van der Waals surface area contributed by atoms with E-state index in [9.17, 15) is 21.6 Å².